The van der Waals surface area contributed by atoms with Crippen LogP contribution in [0.3, 0.4) is 0 Å². The van der Waals surface area contributed by atoms with E-state index in [-0.39, 0.29) is 6.04 Å². The van der Waals surface area contributed by atoms with Gasteiger partial charge in [0.25, 0.3) is 0 Å². The summed E-state index contributed by atoms with van der Waals surface area (Å²) in [6.45, 7) is 1.56. The molecule has 0 unspecified atom stereocenters. The highest BCUT2D eigenvalue weighted by molar-refractivity contribution is 7.88. The average molecular weight is 405 g/mol. The Morgan fingerprint density at radius 3 is 2.67 bits per heavy atom. The van der Waals surface area contributed by atoms with Crippen molar-refractivity contribution in [3.63, 3.8) is 0 Å². The van der Waals surface area contributed by atoms with E-state index in [1.54, 1.807) is 0 Å². The number of H-pyrrole nitrogens is 1. The highest BCUT2D eigenvalue weighted by atomic mass is 35.5. The van der Waals surface area contributed by atoms with Crippen molar-refractivity contribution in [3.8, 4) is 11.1 Å². The lowest BCUT2D eigenvalue weighted by Gasteiger charge is -2.32. The van der Waals surface area contributed by atoms with Crippen LogP contribution in [0.4, 0.5) is 5.82 Å². The minimum Gasteiger partial charge on any atom is -0.361 e. The van der Waals surface area contributed by atoms with Crippen molar-refractivity contribution in [1.82, 2.24) is 14.7 Å². The van der Waals surface area contributed by atoms with Gasteiger partial charge in [0.05, 0.1) is 6.26 Å². The molecule has 142 valence electrons. The van der Waals surface area contributed by atoms with Crippen LogP contribution in [0.25, 0.3) is 22.0 Å². The molecule has 2 aromatic heterocycles. The highest BCUT2D eigenvalue weighted by Crippen LogP contribution is 2.31. The van der Waals surface area contributed by atoms with Gasteiger partial charge in [-0.05, 0) is 43.2 Å². The fourth-order valence-corrected chi connectivity index (χ4v) is 4.61. The normalized spacial score (nSPS) is 16.1. The minimum atomic E-state index is -3.15. The number of hydrogen-bond donors (Lipinski definition) is 2. The van der Waals surface area contributed by atoms with Crippen LogP contribution in [-0.4, -0.2) is 43.8 Å². The molecule has 1 aliphatic heterocycles. The molecule has 0 saturated carbocycles. The first-order chi connectivity index (χ1) is 12.9. The minimum absolute atomic E-state index is 0.00601. The second kappa shape index (κ2) is 7.14. The molecule has 1 aromatic carbocycles. The van der Waals surface area contributed by atoms with E-state index in [1.165, 1.54) is 6.26 Å². The number of nitrogens with one attached hydrogen (secondary N) is 2. The molecule has 27 heavy (non-hydrogen) atoms. The van der Waals surface area contributed by atoms with Gasteiger partial charge < -0.3 is 9.88 Å². The Kier molecular flexibility index (Phi) is 4.84. The monoisotopic (exact) mass is 404 g/mol. The topological polar surface area (TPSA) is 78.1 Å². The van der Waals surface area contributed by atoms with Crippen molar-refractivity contribution in [3.05, 3.63) is 47.7 Å². The molecule has 0 aliphatic carbocycles. The number of halogens is 1. The van der Waals surface area contributed by atoms with Crippen molar-refractivity contribution < 1.29 is 8.42 Å². The highest BCUT2D eigenvalue weighted by Gasteiger charge is 2.22. The summed E-state index contributed by atoms with van der Waals surface area (Å²) >= 11 is 6.13. The lowest BCUT2D eigenvalue weighted by molar-refractivity contribution is 0.460. The van der Waals surface area contributed by atoms with E-state index in [0.29, 0.717) is 5.02 Å². The third-order valence-corrected chi connectivity index (χ3v) is 5.90. The van der Waals surface area contributed by atoms with E-state index in [4.69, 9.17) is 11.6 Å². The van der Waals surface area contributed by atoms with Gasteiger partial charge in [0.1, 0.15) is 5.82 Å². The van der Waals surface area contributed by atoms with Gasteiger partial charge in [-0.25, -0.2) is 18.1 Å². The van der Waals surface area contributed by atoms with Crippen LogP contribution in [0.5, 0.6) is 0 Å². The van der Waals surface area contributed by atoms with Gasteiger partial charge in [0, 0.05) is 58.6 Å². The summed E-state index contributed by atoms with van der Waals surface area (Å²) in [5, 5.41) is 1.78. The van der Waals surface area contributed by atoms with E-state index in [1.807, 2.05) is 36.7 Å². The standard InChI is InChI=1S/C19H21ClN4O2S/c1-27(25,26)23-15-6-8-24(9-7-15)19-5-2-13(11-22-19)17-12-21-18-4-3-14(20)10-16(17)18/h2-5,10-12,15,21,23H,6-9H2,1H3. The van der Waals surface area contributed by atoms with Gasteiger partial charge >= 0.3 is 0 Å². The molecule has 0 spiro atoms. The maximum atomic E-state index is 11.4. The predicted molar refractivity (Wildman–Crippen MR) is 110 cm³/mol. The van der Waals surface area contributed by atoms with Gasteiger partial charge in [-0.3, -0.25) is 0 Å². The zero-order valence-electron chi connectivity index (χ0n) is 14.9. The molecule has 0 radical (unpaired) electrons. The molecule has 0 bridgehead atoms. The summed E-state index contributed by atoms with van der Waals surface area (Å²) in [6.07, 6.45) is 6.60. The first kappa shape index (κ1) is 18.3. The third-order valence-electron chi connectivity index (χ3n) is 4.90. The lowest BCUT2D eigenvalue weighted by atomic mass is 10.1. The number of benzene rings is 1. The third kappa shape index (κ3) is 4.10. The Hall–Kier alpha value is -2.09. The van der Waals surface area contributed by atoms with E-state index in [2.05, 4.69) is 25.7 Å². The molecule has 1 fully saturated rings. The number of sulfonamides is 1. The van der Waals surface area contributed by atoms with Crippen molar-refractivity contribution in [2.24, 2.45) is 0 Å². The Labute approximate surface area is 163 Å². The molecule has 1 saturated heterocycles. The molecular formula is C19H21ClN4O2S. The second-order valence-electron chi connectivity index (χ2n) is 6.95. The van der Waals surface area contributed by atoms with E-state index in [9.17, 15) is 8.42 Å². The number of fused-ring (bicyclic) bond motifs is 1. The summed E-state index contributed by atoms with van der Waals surface area (Å²) in [6, 6.07) is 9.88. The maximum absolute atomic E-state index is 11.4. The molecule has 1 aliphatic rings. The molecule has 3 aromatic rings. The van der Waals surface area contributed by atoms with E-state index in [0.717, 1.165) is 53.8 Å². The largest absolute Gasteiger partial charge is 0.361 e. The van der Waals surface area contributed by atoms with Crippen LogP contribution in [-0.2, 0) is 10.0 Å². The van der Waals surface area contributed by atoms with Gasteiger partial charge in [-0.15, -0.1) is 0 Å². The molecule has 8 heteroatoms. The Morgan fingerprint density at radius 1 is 1.22 bits per heavy atom. The van der Waals surface area contributed by atoms with Crippen LogP contribution in [0.15, 0.2) is 42.7 Å². The summed E-state index contributed by atoms with van der Waals surface area (Å²) in [5.41, 5.74) is 3.14. The molecule has 2 N–H and O–H groups in total. The second-order valence-corrected chi connectivity index (χ2v) is 9.17. The van der Waals surface area contributed by atoms with E-state index >= 15 is 0 Å². The summed E-state index contributed by atoms with van der Waals surface area (Å²) in [7, 11) is -3.15. The smallest absolute Gasteiger partial charge is 0.208 e. The number of pyridine rings is 1. The van der Waals surface area contributed by atoms with Gasteiger partial charge in [0.2, 0.25) is 10.0 Å². The number of hydrogen-bond acceptors (Lipinski definition) is 4. The SMILES string of the molecule is CS(=O)(=O)NC1CCN(c2ccc(-c3c[nH]c4ccc(Cl)cc34)cn2)CC1. The summed E-state index contributed by atoms with van der Waals surface area (Å²) < 4.78 is 25.4. The van der Waals surface area contributed by atoms with Gasteiger partial charge in [-0.2, -0.15) is 0 Å². The fourth-order valence-electron chi connectivity index (χ4n) is 3.59. The number of aromatic nitrogens is 2. The Bertz CT molecular complexity index is 1060. The van der Waals surface area contributed by atoms with Crippen LogP contribution >= 0.6 is 11.6 Å². The average Bonchev–Trinajstić information content (AvgIpc) is 3.04. The van der Waals surface area contributed by atoms with Crippen LogP contribution < -0.4 is 9.62 Å². The molecule has 0 atom stereocenters. The molecule has 6 nitrogen and oxygen atoms in total. The molecule has 3 heterocycles. The van der Waals surface area contributed by atoms with Crippen molar-refractivity contribution in [2.75, 3.05) is 24.2 Å². The quantitative estimate of drug-likeness (QED) is 0.698. The van der Waals surface area contributed by atoms with Crippen LogP contribution in [0.1, 0.15) is 12.8 Å². The molecule has 0 amide bonds. The zero-order chi connectivity index (χ0) is 19.0. The number of rotatable bonds is 4. The van der Waals surface area contributed by atoms with Crippen molar-refractivity contribution in [1.29, 1.82) is 0 Å². The first-order valence-electron chi connectivity index (χ1n) is 8.84. The van der Waals surface area contributed by atoms with Crippen molar-refractivity contribution in [2.45, 2.75) is 18.9 Å². The van der Waals surface area contributed by atoms with Gasteiger partial charge in [0.15, 0.2) is 0 Å². The summed E-state index contributed by atoms with van der Waals surface area (Å²) in [4.78, 5) is 10.1. The molecule has 4 rings (SSSR count). The zero-order valence-corrected chi connectivity index (χ0v) is 16.5. The van der Waals surface area contributed by atoms with E-state index < -0.39 is 10.0 Å². The number of anilines is 1. The molecular weight excluding hydrogens is 384 g/mol. The number of aromatic amines is 1. The fraction of sp³-hybridized carbons (Fsp3) is 0.316. The lowest BCUT2D eigenvalue weighted by Crippen LogP contribution is -2.44. The maximum Gasteiger partial charge on any atom is 0.208 e. The predicted octanol–water partition coefficient (Wildman–Crippen LogP) is 3.40. The summed E-state index contributed by atoms with van der Waals surface area (Å²) in [5.74, 6) is 0.912. The van der Waals surface area contributed by atoms with Crippen LogP contribution in [0, 0.1) is 0 Å². The van der Waals surface area contributed by atoms with Gasteiger partial charge in [-0.1, -0.05) is 11.6 Å². The number of piperidine rings is 1. The number of nitrogens with zero attached hydrogens (tertiary/aromatic N) is 2. The Morgan fingerprint density at radius 2 is 2.00 bits per heavy atom. The first-order valence-corrected chi connectivity index (χ1v) is 11.1. The Balaban J connectivity index is 1.49. The van der Waals surface area contributed by atoms with Crippen LogP contribution in [0.2, 0.25) is 5.02 Å². The van der Waals surface area contributed by atoms with Crippen molar-refractivity contribution >= 4 is 38.3 Å².